The molecule has 0 fully saturated rings. The third kappa shape index (κ3) is 5.64. The molecule has 138 valence electrons. The van der Waals surface area contributed by atoms with Crippen LogP contribution < -0.4 is 10.1 Å². The van der Waals surface area contributed by atoms with Crippen molar-refractivity contribution in [3.8, 4) is 5.75 Å². The van der Waals surface area contributed by atoms with Gasteiger partial charge in [0.05, 0.1) is 19.4 Å². The van der Waals surface area contributed by atoms with E-state index in [1.165, 1.54) is 7.11 Å². The molecule has 0 aliphatic rings. The van der Waals surface area contributed by atoms with Crippen LogP contribution >= 0.6 is 23.2 Å². The molecule has 0 heterocycles. The largest absolute Gasteiger partial charge is 0.496 e. The predicted molar refractivity (Wildman–Crippen MR) is 101 cm³/mol. The van der Waals surface area contributed by atoms with Crippen molar-refractivity contribution in [2.24, 2.45) is 5.92 Å². The van der Waals surface area contributed by atoms with Gasteiger partial charge in [0.15, 0.2) is 0 Å². The van der Waals surface area contributed by atoms with Crippen LogP contribution in [0.15, 0.2) is 42.5 Å². The molecular weight excluding hydrogens is 377 g/mol. The Balaban J connectivity index is 1.97. The SMILES string of the molecule is COc1ccccc1CC(CNC(=O)Cc1ccc(Cl)cc1Cl)C(=O)O. The molecule has 0 bridgehead atoms. The molecular formula is C19H19Cl2NO4. The number of aliphatic carboxylic acids is 1. The van der Waals surface area contributed by atoms with E-state index < -0.39 is 11.9 Å². The van der Waals surface area contributed by atoms with Crippen LogP contribution in [0.25, 0.3) is 0 Å². The van der Waals surface area contributed by atoms with Crippen molar-refractivity contribution in [1.29, 1.82) is 0 Å². The standard InChI is InChI=1S/C19H19Cl2NO4/c1-26-17-5-3-2-4-13(17)8-14(19(24)25)11-22-18(23)9-12-6-7-15(20)10-16(12)21/h2-7,10,14H,8-9,11H2,1H3,(H,22,23)(H,24,25). The molecule has 0 radical (unpaired) electrons. The molecule has 26 heavy (non-hydrogen) atoms. The number of carbonyl (C=O) groups is 2. The summed E-state index contributed by atoms with van der Waals surface area (Å²) in [6.07, 6.45) is 0.304. The maximum atomic E-state index is 12.1. The lowest BCUT2D eigenvalue weighted by atomic mass is 9.98. The number of hydrogen-bond donors (Lipinski definition) is 2. The number of carbonyl (C=O) groups excluding carboxylic acids is 1. The fraction of sp³-hybridized carbons (Fsp3) is 0.263. The molecule has 2 rings (SSSR count). The highest BCUT2D eigenvalue weighted by Gasteiger charge is 2.21. The molecule has 0 spiro atoms. The average Bonchev–Trinajstić information content (AvgIpc) is 2.61. The molecule has 0 saturated heterocycles. The molecule has 0 saturated carbocycles. The van der Waals surface area contributed by atoms with Gasteiger partial charge in [0.1, 0.15) is 5.75 Å². The van der Waals surface area contributed by atoms with E-state index in [1.54, 1.807) is 24.3 Å². The number of benzene rings is 2. The summed E-state index contributed by atoms with van der Waals surface area (Å²) in [7, 11) is 1.53. The number of hydrogen-bond acceptors (Lipinski definition) is 3. The summed E-state index contributed by atoms with van der Waals surface area (Å²) in [6, 6.07) is 12.1. The van der Waals surface area contributed by atoms with Gasteiger partial charge in [-0.1, -0.05) is 47.5 Å². The molecule has 1 unspecified atom stereocenters. The van der Waals surface area contributed by atoms with Gasteiger partial charge in [-0.25, -0.2) is 0 Å². The second kappa shape index (κ2) is 9.46. The van der Waals surface area contributed by atoms with Gasteiger partial charge in [-0.05, 0) is 35.7 Å². The molecule has 0 aromatic heterocycles. The Bertz CT molecular complexity index is 795. The maximum absolute atomic E-state index is 12.1. The first-order valence-electron chi connectivity index (χ1n) is 7.96. The fourth-order valence-corrected chi connectivity index (χ4v) is 3.00. The van der Waals surface area contributed by atoms with Crippen molar-refractivity contribution in [1.82, 2.24) is 5.32 Å². The van der Waals surface area contributed by atoms with E-state index in [9.17, 15) is 14.7 Å². The van der Waals surface area contributed by atoms with E-state index in [1.807, 2.05) is 18.2 Å². The van der Waals surface area contributed by atoms with Gasteiger partial charge in [-0.2, -0.15) is 0 Å². The van der Waals surface area contributed by atoms with Crippen molar-refractivity contribution < 1.29 is 19.4 Å². The molecule has 0 aliphatic heterocycles. The van der Waals surface area contributed by atoms with E-state index in [-0.39, 0.29) is 25.3 Å². The Morgan fingerprint density at radius 3 is 2.54 bits per heavy atom. The van der Waals surface area contributed by atoms with Crippen LogP contribution in [0.3, 0.4) is 0 Å². The predicted octanol–water partition coefficient (Wildman–Crippen LogP) is 3.60. The van der Waals surface area contributed by atoms with Crippen molar-refractivity contribution >= 4 is 35.1 Å². The van der Waals surface area contributed by atoms with Crippen LogP contribution in [-0.2, 0) is 22.4 Å². The van der Waals surface area contributed by atoms with E-state index in [2.05, 4.69) is 5.32 Å². The number of amides is 1. The highest BCUT2D eigenvalue weighted by atomic mass is 35.5. The van der Waals surface area contributed by atoms with Gasteiger partial charge in [0.25, 0.3) is 0 Å². The summed E-state index contributed by atoms with van der Waals surface area (Å²) in [6.45, 7) is 0.0113. The maximum Gasteiger partial charge on any atom is 0.308 e. The zero-order valence-corrected chi connectivity index (χ0v) is 15.7. The van der Waals surface area contributed by atoms with Crippen LogP contribution in [0.5, 0.6) is 5.75 Å². The molecule has 0 aliphatic carbocycles. The highest BCUT2D eigenvalue weighted by Crippen LogP contribution is 2.22. The second-order valence-electron chi connectivity index (χ2n) is 5.77. The van der Waals surface area contributed by atoms with Crippen LogP contribution in [0, 0.1) is 5.92 Å². The van der Waals surface area contributed by atoms with Crippen molar-refractivity contribution in [2.75, 3.05) is 13.7 Å². The minimum absolute atomic E-state index is 0.0113. The van der Waals surface area contributed by atoms with Gasteiger partial charge in [-0.15, -0.1) is 0 Å². The zero-order valence-electron chi connectivity index (χ0n) is 14.2. The number of rotatable bonds is 8. The second-order valence-corrected chi connectivity index (χ2v) is 6.61. The highest BCUT2D eigenvalue weighted by molar-refractivity contribution is 6.35. The number of ether oxygens (including phenoxy) is 1. The summed E-state index contributed by atoms with van der Waals surface area (Å²) in [4.78, 5) is 23.7. The van der Waals surface area contributed by atoms with Crippen molar-refractivity contribution in [3.05, 3.63) is 63.6 Å². The van der Waals surface area contributed by atoms with Crippen LogP contribution in [0.4, 0.5) is 0 Å². The van der Waals surface area contributed by atoms with E-state index in [0.717, 1.165) is 5.56 Å². The van der Waals surface area contributed by atoms with Crippen molar-refractivity contribution in [3.63, 3.8) is 0 Å². The van der Waals surface area contributed by atoms with E-state index in [4.69, 9.17) is 27.9 Å². The third-order valence-corrected chi connectivity index (χ3v) is 4.51. The first kappa shape index (κ1) is 20.1. The molecule has 2 aromatic carbocycles. The van der Waals surface area contributed by atoms with Gasteiger partial charge in [0.2, 0.25) is 5.91 Å². The number of halogens is 2. The summed E-state index contributed by atoms with van der Waals surface area (Å²) >= 11 is 11.9. The molecule has 2 N–H and O–H groups in total. The summed E-state index contributed by atoms with van der Waals surface area (Å²) < 4.78 is 5.25. The van der Waals surface area contributed by atoms with Gasteiger partial charge < -0.3 is 15.2 Å². The smallest absolute Gasteiger partial charge is 0.308 e. The van der Waals surface area contributed by atoms with Crippen LogP contribution in [-0.4, -0.2) is 30.6 Å². The van der Waals surface area contributed by atoms with E-state index in [0.29, 0.717) is 21.4 Å². The number of carboxylic acids is 1. The Morgan fingerprint density at radius 1 is 1.15 bits per heavy atom. The fourth-order valence-electron chi connectivity index (χ4n) is 2.52. The zero-order chi connectivity index (χ0) is 19.1. The Hall–Kier alpha value is -2.24. The molecule has 1 atom stereocenters. The third-order valence-electron chi connectivity index (χ3n) is 3.92. The molecule has 1 amide bonds. The summed E-state index contributed by atoms with van der Waals surface area (Å²) in [5.74, 6) is -1.44. The number of carboxylic acid groups (broad SMARTS) is 1. The monoisotopic (exact) mass is 395 g/mol. The summed E-state index contributed by atoms with van der Waals surface area (Å²) in [5, 5.41) is 13.0. The van der Waals surface area contributed by atoms with Crippen molar-refractivity contribution in [2.45, 2.75) is 12.8 Å². The van der Waals surface area contributed by atoms with Gasteiger partial charge >= 0.3 is 5.97 Å². The lowest BCUT2D eigenvalue weighted by molar-refractivity contribution is -0.141. The van der Waals surface area contributed by atoms with Gasteiger partial charge in [0, 0.05) is 16.6 Å². The van der Waals surface area contributed by atoms with E-state index >= 15 is 0 Å². The molecule has 2 aromatic rings. The minimum Gasteiger partial charge on any atom is -0.496 e. The topological polar surface area (TPSA) is 75.6 Å². The molecule has 7 heteroatoms. The average molecular weight is 396 g/mol. The Kier molecular flexibility index (Phi) is 7.30. The number of nitrogens with one attached hydrogen (secondary N) is 1. The lowest BCUT2D eigenvalue weighted by Gasteiger charge is -2.15. The number of para-hydroxylation sites is 1. The minimum atomic E-state index is -0.985. The Morgan fingerprint density at radius 2 is 1.88 bits per heavy atom. The summed E-state index contributed by atoms with van der Waals surface area (Å²) in [5.41, 5.74) is 1.41. The normalized spacial score (nSPS) is 11.7. The lowest BCUT2D eigenvalue weighted by Crippen LogP contribution is -2.35. The van der Waals surface area contributed by atoms with Gasteiger partial charge in [-0.3, -0.25) is 9.59 Å². The Labute approximate surface area is 161 Å². The number of methoxy groups -OCH3 is 1. The first-order valence-corrected chi connectivity index (χ1v) is 8.71. The van der Waals surface area contributed by atoms with Crippen LogP contribution in [0.1, 0.15) is 11.1 Å². The quantitative estimate of drug-likeness (QED) is 0.715. The first-order chi connectivity index (χ1) is 12.4. The molecule has 5 nitrogen and oxygen atoms in total. The van der Waals surface area contributed by atoms with Crippen LogP contribution in [0.2, 0.25) is 10.0 Å².